The first-order chi connectivity index (χ1) is 27.7. The summed E-state index contributed by atoms with van der Waals surface area (Å²) in [5, 5.41) is 3.09. The zero-order chi connectivity index (χ0) is 37.0. The molecule has 262 valence electrons. The maximum Gasteiger partial charge on any atom is 0.159 e. The van der Waals surface area contributed by atoms with Gasteiger partial charge in [-0.3, -0.25) is 9.97 Å². The first-order valence-electron chi connectivity index (χ1n) is 18.5. The molecule has 6 aromatic carbocycles. The Bertz CT molecular complexity index is 3070. The van der Waals surface area contributed by atoms with Gasteiger partial charge in [-0.2, -0.15) is 0 Å². The predicted molar refractivity (Wildman–Crippen MR) is 225 cm³/mol. The van der Waals surface area contributed by atoms with Crippen LogP contribution in [-0.4, -0.2) is 19.9 Å². The van der Waals surface area contributed by atoms with Crippen molar-refractivity contribution in [3.8, 4) is 67.2 Å². The van der Waals surface area contributed by atoms with Crippen LogP contribution in [0.25, 0.3) is 111 Å². The fraction of sp³-hybridized carbons (Fsp3) is 0. The first-order valence-corrected chi connectivity index (χ1v) is 18.5. The van der Waals surface area contributed by atoms with Crippen molar-refractivity contribution < 1.29 is 8.83 Å². The average Bonchev–Trinajstić information content (AvgIpc) is 3.84. The summed E-state index contributed by atoms with van der Waals surface area (Å²) in [7, 11) is 0. The van der Waals surface area contributed by atoms with E-state index in [1.807, 2.05) is 48.8 Å². The van der Waals surface area contributed by atoms with Gasteiger partial charge in [0.05, 0.1) is 5.69 Å². The van der Waals surface area contributed by atoms with Crippen LogP contribution in [0.5, 0.6) is 0 Å². The summed E-state index contributed by atoms with van der Waals surface area (Å²) in [5.74, 6) is 0.676. The smallest absolute Gasteiger partial charge is 0.159 e. The second-order valence-corrected chi connectivity index (χ2v) is 13.9. The monoisotopic (exact) mass is 718 g/mol. The van der Waals surface area contributed by atoms with Crippen LogP contribution in [0.4, 0.5) is 0 Å². The highest BCUT2D eigenvalue weighted by Crippen LogP contribution is 2.36. The maximum atomic E-state index is 6.04. The molecule has 5 aromatic heterocycles. The van der Waals surface area contributed by atoms with Crippen molar-refractivity contribution in [2.75, 3.05) is 0 Å². The number of pyridine rings is 2. The van der Waals surface area contributed by atoms with Gasteiger partial charge in [0.15, 0.2) is 11.4 Å². The summed E-state index contributed by atoms with van der Waals surface area (Å²) >= 11 is 0. The van der Waals surface area contributed by atoms with E-state index in [1.54, 1.807) is 12.4 Å². The number of furan rings is 2. The van der Waals surface area contributed by atoms with Gasteiger partial charge in [-0.05, 0) is 117 Å². The molecule has 0 aliphatic rings. The minimum Gasteiger partial charge on any atom is -0.456 e. The van der Waals surface area contributed by atoms with Crippen LogP contribution >= 0.6 is 0 Å². The molecular formula is C50H30N4O2. The number of fused-ring (bicyclic) bond motifs is 6. The zero-order valence-corrected chi connectivity index (χ0v) is 29.9. The molecule has 0 N–H and O–H groups in total. The molecule has 0 saturated heterocycles. The molecule has 0 fully saturated rings. The number of benzene rings is 6. The Hall–Kier alpha value is -7.70. The highest BCUT2D eigenvalue weighted by Gasteiger charge is 2.13. The quantitative estimate of drug-likeness (QED) is 0.170. The third kappa shape index (κ3) is 5.60. The molecule has 5 heterocycles. The maximum absolute atomic E-state index is 6.04. The highest BCUT2D eigenvalue weighted by atomic mass is 16.3. The van der Waals surface area contributed by atoms with E-state index in [0.717, 1.165) is 105 Å². The summed E-state index contributed by atoms with van der Waals surface area (Å²) < 4.78 is 12.1. The van der Waals surface area contributed by atoms with Crippen LogP contribution in [0.3, 0.4) is 0 Å². The minimum atomic E-state index is 0.676. The SMILES string of the molecule is c1cc(-c2cccc(-c3ccnc(-c4cccc(-c5cccc(-c6ccc7oc8cccnc8c7c6)c5)c4)n3)c2)cc(-c2ccc3oc4ccncc4c3c2)c1. The molecule has 0 amide bonds. The molecule has 11 aromatic rings. The normalized spacial score (nSPS) is 11.6. The van der Waals surface area contributed by atoms with Crippen molar-refractivity contribution in [2.24, 2.45) is 0 Å². The van der Waals surface area contributed by atoms with Crippen molar-refractivity contribution in [1.82, 2.24) is 19.9 Å². The van der Waals surface area contributed by atoms with E-state index in [-0.39, 0.29) is 0 Å². The van der Waals surface area contributed by atoms with Gasteiger partial charge in [-0.25, -0.2) is 9.97 Å². The first kappa shape index (κ1) is 31.8. The highest BCUT2D eigenvalue weighted by molar-refractivity contribution is 6.06. The van der Waals surface area contributed by atoms with Crippen LogP contribution in [-0.2, 0) is 0 Å². The van der Waals surface area contributed by atoms with E-state index in [9.17, 15) is 0 Å². The Balaban J connectivity index is 0.886. The Kier molecular flexibility index (Phi) is 7.38. The molecule has 0 aliphatic carbocycles. The van der Waals surface area contributed by atoms with Crippen LogP contribution in [0.15, 0.2) is 191 Å². The predicted octanol–water partition coefficient (Wildman–Crippen LogP) is 13.1. The van der Waals surface area contributed by atoms with E-state index in [4.69, 9.17) is 18.8 Å². The molecular weight excluding hydrogens is 689 g/mol. The standard InChI is InChI=1S/C50H30N4O2/c1-6-31(24-33(8-1)37-15-17-45-41(28-37)43-30-51-22-20-47(43)55-45)35-10-3-12-39(26-35)44-19-23-53-50(54-44)40-13-4-11-36(27-40)32-7-2-9-34(25-32)38-16-18-46-42(29-38)49-48(56-46)14-5-21-52-49/h1-30H. The van der Waals surface area contributed by atoms with Gasteiger partial charge in [0, 0.05) is 52.1 Å². The molecule has 0 saturated carbocycles. The molecule has 6 nitrogen and oxygen atoms in total. The zero-order valence-electron chi connectivity index (χ0n) is 29.9. The molecule has 11 rings (SSSR count). The van der Waals surface area contributed by atoms with E-state index in [2.05, 4.69) is 131 Å². The number of hydrogen-bond acceptors (Lipinski definition) is 6. The lowest BCUT2D eigenvalue weighted by atomic mass is 9.96. The third-order valence-corrected chi connectivity index (χ3v) is 10.5. The van der Waals surface area contributed by atoms with Gasteiger partial charge in [-0.15, -0.1) is 0 Å². The van der Waals surface area contributed by atoms with Crippen molar-refractivity contribution in [1.29, 1.82) is 0 Å². The van der Waals surface area contributed by atoms with E-state index in [0.29, 0.717) is 5.82 Å². The molecule has 6 heteroatoms. The van der Waals surface area contributed by atoms with Crippen LogP contribution < -0.4 is 0 Å². The molecule has 56 heavy (non-hydrogen) atoms. The number of rotatable bonds is 6. The van der Waals surface area contributed by atoms with Gasteiger partial charge in [0.2, 0.25) is 0 Å². The molecule has 0 spiro atoms. The second kappa shape index (κ2) is 13.0. The fourth-order valence-corrected chi connectivity index (χ4v) is 7.69. The summed E-state index contributed by atoms with van der Waals surface area (Å²) in [4.78, 5) is 18.7. The summed E-state index contributed by atoms with van der Waals surface area (Å²) in [6.45, 7) is 0. The molecule has 0 radical (unpaired) electrons. The second-order valence-electron chi connectivity index (χ2n) is 13.9. The van der Waals surface area contributed by atoms with E-state index < -0.39 is 0 Å². The molecule has 0 atom stereocenters. The minimum absolute atomic E-state index is 0.676. The Morgan fingerprint density at radius 2 is 0.875 bits per heavy atom. The molecule has 0 aliphatic heterocycles. The van der Waals surface area contributed by atoms with Crippen molar-refractivity contribution in [3.05, 3.63) is 183 Å². The Morgan fingerprint density at radius 3 is 1.57 bits per heavy atom. The van der Waals surface area contributed by atoms with Gasteiger partial charge in [0.25, 0.3) is 0 Å². The largest absolute Gasteiger partial charge is 0.456 e. The van der Waals surface area contributed by atoms with Crippen molar-refractivity contribution in [3.63, 3.8) is 0 Å². The lowest BCUT2D eigenvalue weighted by Gasteiger charge is -2.10. The summed E-state index contributed by atoms with van der Waals surface area (Å²) in [6.07, 6.45) is 7.27. The van der Waals surface area contributed by atoms with Crippen LogP contribution in [0.2, 0.25) is 0 Å². The lowest BCUT2D eigenvalue weighted by molar-refractivity contribution is 0.668. The molecule has 0 bridgehead atoms. The van der Waals surface area contributed by atoms with Gasteiger partial charge in [-0.1, -0.05) is 84.9 Å². The number of nitrogens with zero attached hydrogens (tertiary/aromatic N) is 4. The van der Waals surface area contributed by atoms with E-state index >= 15 is 0 Å². The Labute approximate surface area is 321 Å². The molecule has 0 unspecified atom stereocenters. The fourth-order valence-electron chi connectivity index (χ4n) is 7.69. The van der Waals surface area contributed by atoms with Crippen molar-refractivity contribution >= 4 is 44.0 Å². The summed E-state index contributed by atoms with van der Waals surface area (Å²) in [6, 6.07) is 54.6. The lowest BCUT2D eigenvalue weighted by Crippen LogP contribution is -1.92. The van der Waals surface area contributed by atoms with Crippen molar-refractivity contribution in [2.45, 2.75) is 0 Å². The average molecular weight is 719 g/mol. The number of aromatic nitrogens is 4. The Morgan fingerprint density at radius 1 is 0.339 bits per heavy atom. The van der Waals surface area contributed by atoms with E-state index in [1.165, 1.54) is 0 Å². The van der Waals surface area contributed by atoms with Gasteiger partial charge >= 0.3 is 0 Å². The third-order valence-electron chi connectivity index (χ3n) is 10.5. The topological polar surface area (TPSA) is 77.8 Å². The van der Waals surface area contributed by atoms with Crippen LogP contribution in [0.1, 0.15) is 0 Å². The van der Waals surface area contributed by atoms with Crippen LogP contribution in [0, 0.1) is 0 Å². The number of hydrogen-bond donors (Lipinski definition) is 0. The van der Waals surface area contributed by atoms with Gasteiger partial charge in [0.1, 0.15) is 22.3 Å². The van der Waals surface area contributed by atoms with Gasteiger partial charge < -0.3 is 8.83 Å². The summed E-state index contributed by atoms with van der Waals surface area (Å²) in [5.41, 5.74) is 16.0.